The summed E-state index contributed by atoms with van der Waals surface area (Å²) in [5.41, 5.74) is 2.24. The van der Waals surface area contributed by atoms with E-state index in [1.165, 1.54) is 6.07 Å². The van der Waals surface area contributed by atoms with E-state index in [4.69, 9.17) is 4.42 Å². The monoisotopic (exact) mass is 294 g/mol. The molecule has 3 aromatic rings. The molecule has 3 nitrogen and oxygen atoms in total. The number of furan rings is 1. The van der Waals surface area contributed by atoms with E-state index in [2.05, 4.69) is 25.9 Å². The first-order chi connectivity index (χ1) is 8.13. The van der Waals surface area contributed by atoms with Gasteiger partial charge in [0.15, 0.2) is 0 Å². The van der Waals surface area contributed by atoms with Crippen molar-refractivity contribution >= 4 is 27.0 Å². The van der Waals surface area contributed by atoms with Gasteiger partial charge in [0.25, 0.3) is 0 Å². The molecule has 1 aromatic carbocycles. The highest BCUT2D eigenvalue weighted by atomic mass is 79.9. The van der Waals surface area contributed by atoms with Crippen molar-refractivity contribution in [3.8, 4) is 11.4 Å². The minimum Gasteiger partial charge on any atom is -0.469 e. The summed E-state index contributed by atoms with van der Waals surface area (Å²) < 4.78 is 19.0. The number of halogens is 2. The third-order valence-corrected chi connectivity index (χ3v) is 3.14. The lowest BCUT2D eigenvalue weighted by Crippen LogP contribution is -1.77. The number of hydrogen-bond acceptors (Lipinski definition) is 2. The van der Waals surface area contributed by atoms with Gasteiger partial charge in [0.1, 0.15) is 23.7 Å². The Morgan fingerprint density at radius 3 is 2.88 bits per heavy atom. The van der Waals surface area contributed by atoms with Crippen molar-refractivity contribution in [1.29, 1.82) is 0 Å². The second kappa shape index (κ2) is 3.70. The molecule has 2 aromatic heterocycles. The molecule has 0 aliphatic carbocycles. The summed E-state index contributed by atoms with van der Waals surface area (Å²) in [5, 5.41) is 0. The number of aryl methyl sites for hydroxylation is 1. The molecule has 0 amide bonds. The van der Waals surface area contributed by atoms with Gasteiger partial charge < -0.3 is 9.40 Å². The van der Waals surface area contributed by atoms with Crippen LogP contribution in [-0.4, -0.2) is 9.97 Å². The Bertz CT molecular complexity index is 663. The molecular formula is C12H8BrFN2O. The minimum absolute atomic E-state index is 0.309. The van der Waals surface area contributed by atoms with Crippen molar-refractivity contribution in [3.05, 3.63) is 40.5 Å². The van der Waals surface area contributed by atoms with E-state index in [0.29, 0.717) is 21.3 Å². The number of aromatic nitrogens is 2. The van der Waals surface area contributed by atoms with Crippen LogP contribution in [0.25, 0.3) is 22.4 Å². The van der Waals surface area contributed by atoms with Crippen LogP contribution >= 0.6 is 15.9 Å². The Morgan fingerprint density at radius 2 is 2.18 bits per heavy atom. The second-order valence-electron chi connectivity index (χ2n) is 3.81. The predicted molar refractivity (Wildman–Crippen MR) is 66.2 cm³/mol. The van der Waals surface area contributed by atoms with Crippen molar-refractivity contribution in [2.75, 3.05) is 0 Å². The highest BCUT2D eigenvalue weighted by Gasteiger charge is 2.10. The van der Waals surface area contributed by atoms with Crippen LogP contribution in [0.15, 0.2) is 33.4 Å². The summed E-state index contributed by atoms with van der Waals surface area (Å²) in [6, 6.07) is 4.95. The maximum atomic E-state index is 13.4. The first-order valence-electron chi connectivity index (χ1n) is 5.04. The Morgan fingerprint density at radius 1 is 1.35 bits per heavy atom. The molecule has 0 aliphatic rings. The molecule has 2 heterocycles. The Labute approximate surface area is 105 Å². The van der Waals surface area contributed by atoms with Crippen LogP contribution in [-0.2, 0) is 0 Å². The van der Waals surface area contributed by atoms with Crippen molar-refractivity contribution in [1.82, 2.24) is 9.97 Å². The van der Waals surface area contributed by atoms with Crippen LogP contribution < -0.4 is 0 Å². The molecule has 5 heteroatoms. The SMILES string of the molecule is Cc1cc(-c2nc3cc(Br)c(F)cc3[nH]2)co1. The number of H-pyrrole nitrogens is 1. The van der Waals surface area contributed by atoms with Gasteiger partial charge in [0, 0.05) is 6.07 Å². The smallest absolute Gasteiger partial charge is 0.141 e. The van der Waals surface area contributed by atoms with Crippen LogP contribution in [0.5, 0.6) is 0 Å². The van der Waals surface area contributed by atoms with E-state index >= 15 is 0 Å². The molecule has 3 rings (SSSR count). The zero-order chi connectivity index (χ0) is 12.0. The van der Waals surface area contributed by atoms with E-state index in [0.717, 1.165) is 11.3 Å². The maximum absolute atomic E-state index is 13.4. The summed E-state index contributed by atoms with van der Waals surface area (Å²) in [7, 11) is 0. The van der Waals surface area contributed by atoms with Gasteiger partial charge in [-0.3, -0.25) is 0 Å². The first kappa shape index (κ1) is 10.5. The number of aromatic amines is 1. The van der Waals surface area contributed by atoms with Crippen LogP contribution in [0.1, 0.15) is 5.76 Å². The molecule has 86 valence electrons. The Kier molecular flexibility index (Phi) is 2.29. The van der Waals surface area contributed by atoms with E-state index in [9.17, 15) is 4.39 Å². The number of rotatable bonds is 1. The summed E-state index contributed by atoms with van der Waals surface area (Å²) in [5.74, 6) is 1.18. The standard InChI is InChI=1S/C12H8BrFN2O/c1-6-2-7(5-17-6)12-15-10-3-8(13)9(14)4-11(10)16-12/h2-5H,1H3,(H,15,16). The third-order valence-electron chi connectivity index (χ3n) is 2.53. The fourth-order valence-corrected chi connectivity index (χ4v) is 2.04. The van der Waals surface area contributed by atoms with Gasteiger partial charge in [-0.15, -0.1) is 0 Å². The molecule has 0 bridgehead atoms. The molecule has 0 unspecified atom stereocenters. The fraction of sp³-hybridized carbons (Fsp3) is 0.0833. The third kappa shape index (κ3) is 1.76. The van der Waals surface area contributed by atoms with Crippen molar-refractivity contribution < 1.29 is 8.81 Å². The topological polar surface area (TPSA) is 41.8 Å². The summed E-state index contributed by atoms with van der Waals surface area (Å²) in [4.78, 5) is 7.45. The molecule has 0 fully saturated rings. The van der Waals surface area contributed by atoms with Gasteiger partial charge in [0.2, 0.25) is 0 Å². The van der Waals surface area contributed by atoms with Crippen molar-refractivity contribution in [2.24, 2.45) is 0 Å². The molecule has 0 aliphatic heterocycles. The average molecular weight is 295 g/mol. The lowest BCUT2D eigenvalue weighted by molar-refractivity contribution is 0.534. The summed E-state index contributed by atoms with van der Waals surface area (Å²) >= 11 is 3.14. The zero-order valence-corrected chi connectivity index (χ0v) is 10.5. The summed E-state index contributed by atoms with van der Waals surface area (Å²) in [6.07, 6.45) is 1.62. The predicted octanol–water partition coefficient (Wildman–Crippen LogP) is 4.03. The number of nitrogens with one attached hydrogen (secondary N) is 1. The van der Waals surface area contributed by atoms with E-state index in [-0.39, 0.29) is 5.82 Å². The van der Waals surface area contributed by atoms with Gasteiger partial charge in [-0.25, -0.2) is 9.37 Å². The van der Waals surface area contributed by atoms with Gasteiger partial charge in [-0.2, -0.15) is 0 Å². The molecule has 0 atom stereocenters. The van der Waals surface area contributed by atoms with Crippen LogP contribution in [0.4, 0.5) is 4.39 Å². The van der Waals surface area contributed by atoms with Gasteiger partial charge in [0.05, 0.1) is 21.1 Å². The second-order valence-corrected chi connectivity index (χ2v) is 4.67. The molecule has 0 spiro atoms. The molecule has 0 radical (unpaired) electrons. The van der Waals surface area contributed by atoms with Crippen LogP contribution in [0.2, 0.25) is 0 Å². The average Bonchev–Trinajstić information content (AvgIpc) is 2.85. The van der Waals surface area contributed by atoms with E-state index < -0.39 is 0 Å². The molecule has 1 N–H and O–H groups in total. The highest BCUT2D eigenvalue weighted by molar-refractivity contribution is 9.10. The molecule has 0 saturated carbocycles. The highest BCUT2D eigenvalue weighted by Crippen LogP contribution is 2.26. The molecule has 0 saturated heterocycles. The minimum atomic E-state index is -0.309. The lowest BCUT2D eigenvalue weighted by atomic mass is 10.3. The summed E-state index contributed by atoms with van der Waals surface area (Å²) in [6.45, 7) is 1.86. The Balaban J connectivity index is 2.19. The number of imidazole rings is 1. The van der Waals surface area contributed by atoms with Gasteiger partial charge >= 0.3 is 0 Å². The van der Waals surface area contributed by atoms with Gasteiger partial charge in [-0.1, -0.05) is 0 Å². The first-order valence-corrected chi connectivity index (χ1v) is 5.83. The molecular weight excluding hydrogens is 287 g/mol. The molecule has 17 heavy (non-hydrogen) atoms. The van der Waals surface area contributed by atoms with E-state index in [1.54, 1.807) is 12.3 Å². The maximum Gasteiger partial charge on any atom is 0.141 e. The number of hydrogen-bond donors (Lipinski definition) is 1. The Hall–Kier alpha value is -1.62. The number of fused-ring (bicyclic) bond motifs is 1. The zero-order valence-electron chi connectivity index (χ0n) is 8.92. The largest absolute Gasteiger partial charge is 0.469 e. The quantitative estimate of drug-likeness (QED) is 0.736. The van der Waals surface area contributed by atoms with Crippen LogP contribution in [0.3, 0.4) is 0 Å². The van der Waals surface area contributed by atoms with Gasteiger partial charge in [-0.05, 0) is 35.0 Å². The fourth-order valence-electron chi connectivity index (χ4n) is 1.71. The number of nitrogens with zero attached hydrogens (tertiary/aromatic N) is 1. The van der Waals surface area contributed by atoms with Crippen LogP contribution in [0, 0.1) is 12.7 Å². The van der Waals surface area contributed by atoms with Crippen molar-refractivity contribution in [2.45, 2.75) is 6.92 Å². The number of benzene rings is 1. The van der Waals surface area contributed by atoms with Crippen molar-refractivity contribution in [3.63, 3.8) is 0 Å². The lowest BCUT2D eigenvalue weighted by Gasteiger charge is -1.92. The van der Waals surface area contributed by atoms with E-state index in [1.807, 2.05) is 13.0 Å². The normalized spacial score (nSPS) is 11.2.